The van der Waals surface area contributed by atoms with Gasteiger partial charge in [-0.25, -0.2) is 17.6 Å². The number of nitrogens with zero attached hydrogens (tertiary/aromatic N) is 1. The molecule has 4 rings (SSSR count). The number of halogens is 2. The van der Waals surface area contributed by atoms with Gasteiger partial charge in [-0.3, -0.25) is 0 Å². The predicted molar refractivity (Wildman–Crippen MR) is 124 cm³/mol. The minimum atomic E-state index is -3.93. The second-order valence-electron chi connectivity index (χ2n) is 9.13. The third-order valence-corrected chi connectivity index (χ3v) is 9.30. The zero-order valence-electron chi connectivity index (χ0n) is 17.7. The van der Waals surface area contributed by atoms with Crippen molar-refractivity contribution < 1.29 is 22.3 Å². The second-order valence-corrected chi connectivity index (χ2v) is 12.6. The van der Waals surface area contributed by atoms with Crippen LogP contribution in [-0.4, -0.2) is 37.6 Å². The van der Waals surface area contributed by atoms with Crippen molar-refractivity contribution in [2.75, 3.05) is 6.54 Å². The summed E-state index contributed by atoms with van der Waals surface area (Å²) in [4.78, 5) is 14.6. The Morgan fingerprint density at radius 1 is 1.19 bits per heavy atom. The van der Waals surface area contributed by atoms with E-state index < -0.39 is 38.1 Å². The topological polar surface area (TPSA) is 63.7 Å². The maximum absolute atomic E-state index is 14.1. The van der Waals surface area contributed by atoms with Crippen LogP contribution < -0.4 is 0 Å². The molecular weight excluding hydrogens is 532 g/mol. The number of carbonyl (C=O) groups excluding carboxylic acids is 1. The van der Waals surface area contributed by atoms with E-state index >= 15 is 0 Å². The van der Waals surface area contributed by atoms with Crippen LogP contribution in [-0.2, 0) is 25.7 Å². The number of carbonyl (C=O) groups is 1. The van der Waals surface area contributed by atoms with Crippen molar-refractivity contribution in [2.24, 2.45) is 0 Å². The highest BCUT2D eigenvalue weighted by atomic mass is 127. The van der Waals surface area contributed by atoms with Crippen molar-refractivity contribution in [3.8, 4) is 0 Å². The Morgan fingerprint density at radius 2 is 1.87 bits per heavy atom. The third-order valence-electron chi connectivity index (χ3n) is 6.08. The summed E-state index contributed by atoms with van der Waals surface area (Å²) in [6.45, 7) is 5.66. The van der Waals surface area contributed by atoms with E-state index in [1.54, 1.807) is 25.7 Å². The molecule has 0 saturated carbocycles. The molecule has 2 atom stereocenters. The number of likely N-dealkylation sites (tertiary alicyclic amines) is 1. The van der Waals surface area contributed by atoms with Gasteiger partial charge >= 0.3 is 6.09 Å². The van der Waals surface area contributed by atoms with Gasteiger partial charge in [0.05, 0.1) is 10.9 Å². The Balaban J connectivity index is 1.88. The van der Waals surface area contributed by atoms with Crippen LogP contribution in [0.3, 0.4) is 0 Å². The Hall–Kier alpha value is -1.68. The van der Waals surface area contributed by atoms with E-state index in [0.29, 0.717) is 12.8 Å². The molecule has 1 heterocycles. The van der Waals surface area contributed by atoms with Crippen molar-refractivity contribution in [2.45, 2.75) is 61.3 Å². The minimum Gasteiger partial charge on any atom is -0.444 e. The van der Waals surface area contributed by atoms with E-state index in [1.807, 2.05) is 18.2 Å². The van der Waals surface area contributed by atoms with Gasteiger partial charge in [0.15, 0.2) is 9.84 Å². The second kappa shape index (κ2) is 7.72. The van der Waals surface area contributed by atoms with Gasteiger partial charge in [0.25, 0.3) is 0 Å². The van der Waals surface area contributed by atoms with E-state index in [0.717, 1.165) is 26.8 Å². The van der Waals surface area contributed by atoms with Crippen LogP contribution in [0.4, 0.5) is 9.18 Å². The minimum absolute atomic E-state index is 0.0661. The fourth-order valence-electron chi connectivity index (χ4n) is 4.86. The van der Waals surface area contributed by atoms with Crippen LogP contribution >= 0.6 is 22.6 Å². The van der Waals surface area contributed by atoms with Crippen molar-refractivity contribution in [1.29, 1.82) is 0 Å². The molecule has 0 spiro atoms. The van der Waals surface area contributed by atoms with Crippen LogP contribution in [0.15, 0.2) is 47.4 Å². The molecule has 8 heteroatoms. The first-order valence-electron chi connectivity index (χ1n) is 10.2. The Kier molecular flexibility index (Phi) is 5.61. The first-order chi connectivity index (χ1) is 14.5. The number of benzene rings is 2. The molecule has 0 aromatic heterocycles. The van der Waals surface area contributed by atoms with Gasteiger partial charge in [0, 0.05) is 10.1 Å². The van der Waals surface area contributed by atoms with Gasteiger partial charge in [0.2, 0.25) is 0 Å². The normalized spacial score (nSPS) is 23.3. The zero-order chi connectivity index (χ0) is 22.6. The molecule has 1 aliphatic heterocycles. The number of ether oxygens (including phenoxy) is 1. The summed E-state index contributed by atoms with van der Waals surface area (Å²) in [5.41, 5.74) is 1.04. The molecule has 2 aromatic carbocycles. The summed E-state index contributed by atoms with van der Waals surface area (Å²) in [6, 6.07) is 10.2. The van der Waals surface area contributed by atoms with E-state index in [2.05, 4.69) is 22.6 Å². The van der Waals surface area contributed by atoms with Gasteiger partial charge in [-0.1, -0.05) is 6.07 Å². The number of amides is 1. The van der Waals surface area contributed by atoms with Crippen LogP contribution in [0.5, 0.6) is 0 Å². The van der Waals surface area contributed by atoms with Crippen molar-refractivity contribution in [3.63, 3.8) is 0 Å². The molecule has 166 valence electrons. The Labute approximate surface area is 196 Å². The molecule has 0 radical (unpaired) electrons. The largest absolute Gasteiger partial charge is 0.444 e. The highest BCUT2D eigenvalue weighted by molar-refractivity contribution is 14.1. The lowest BCUT2D eigenvalue weighted by molar-refractivity contribution is 0.0202. The molecule has 2 aliphatic rings. The first kappa shape index (κ1) is 22.5. The third kappa shape index (κ3) is 3.75. The number of fused-ring (bicyclic) bond motifs is 3. The predicted octanol–water partition coefficient (Wildman–Crippen LogP) is 5.06. The van der Waals surface area contributed by atoms with Gasteiger partial charge in [0.1, 0.15) is 16.2 Å². The van der Waals surface area contributed by atoms with Crippen LogP contribution in [0, 0.1) is 9.39 Å². The fraction of sp³-hybridized carbons (Fsp3) is 0.435. The highest BCUT2D eigenvalue weighted by Crippen LogP contribution is 2.53. The number of hydrogen-bond donors (Lipinski definition) is 0. The van der Waals surface area contributed by atoms with Crippen molar-refractivity contribution >= 4 is 38.5 Å². The first-order valence-corrected chi connectivity index (χ1v) is 12.8. The molecule has 1 saturated heterocycles. The standard InChI is InChI=1S/C23H25FINO4S/c1-22(2,3)30-21(27)26-13-12-23(31(28,29)18-8-5-16(24)6-9-18)19-10-7-17(25)14-15(19)4-11-20(23)26/h5-10,14,20H,4,11-13H2,1-3H3/t20?,23-/m1/s1. The van der Waals surface area contributed by atoms with Crippen LogP contribution in [0.25, 0.3) is 0 Å². The summed E-state index contributed by atoms with van der Waals surface area (Å²) in [6.07, 6.45) is 0.969. The SMILES string of the molecule is CC(C)(C)OC(=O)N1CC[C@@]2(S(=O)(=O)c3ccc(F)cc3)c3ccc(I)cc3CCC12. The van der Waals surface area contributed by atoms with E-state index in [1.165, 1.54) is 12.1 Å². The maximum Gasteiger partial charge on any atom is 0.410 e. The summed E-state index contributed by atoms with van der Waals surface area (Å²) < 4.78 is 47.1. The lowest BCUT2D eigenvalue weighted by atomic mass is 9.78. The number of aryl methyl sites for hydroxylation is 1. The smallest absolute Gasteiger partial charge is 0.410 e. The van der Waals surface area contributed by atoms with Gasteiger partial charge < -0.3 is 9.64 Å². The van der Waals surface area contributed by atoms with Gasteiger partial charge in [-0.2, -0.15) is 0 Å². The Morgan fingerprint density at radius 3 is 2.52 bits per heavy atom. The van der Waals surface area contributed by atoms with Crippen molar-refractivity contribution in [3.05, 3.63) is 63.0 Å². The molecular formula is C23H25FINO4S. The maximum atomic E-state index is 14.1. The van der Waals surface area contributed by atoms with Crippen LogP contribution in [0.1, 0.15) is 44.7 Å². The molecule has 1 amide bonds. The number of hydrogen-bond acceptors (Lipinski definition) is 4. The fourth-order valence-corrected chi connectivity index (χ4v) is 7.78. The molecule has 1 fully saturated rings. The summed E-state index contributed by atoms with van der Waals surface area (Å²) in [7, 11) is -3.93. The van der Waals surface area contributed by atoms with E-state index in [9.17, 15) is 17.6 Å². The molecule has 1 aliphatic carbocycles. The molecule has 1 unspecified atom stereocenters. The lowest BCUT2D eigenvalue weighted by Crippen LogP contribution is -2.52. The molecule has 0 bridgehead atoms. The molecule has 0 N–H and O–H groups in total. The lowest BCUT2D eigenvalue weighted by Gasteiger charge is -2.42. The Bertz CT molecular complexity index is 1130. The molecule has 5 nitrogen and oxygen atoms in total. The summed E-state index contributed by atoms with van der Waals surface area (Å²) in [5.74, 6) is -0.492. The van der Waals surface area contributed by atoms with Crippen molar-refractivity contribution in [1.82, 2.24) is 4.90 Å². The quantitative estimate of drug-likeness (QED) is 0.383. The number of rotatable bonds is 2. The summed E-state index contributed by atoms with van der Waals surface area (Å²) >= 11 is 2.22. The van der Waals surface area contributed by atoms with Gasteiger partial charge in [-0.05, 0) is 110 Å². The van der Waals surface area contributed by atoms with E-state index in [-0.39, 0.29) is 17.9 Å². The van der Waals surface area contributed by atoms with Crippen LogP contribution in [0.2, 0.25) is 0 Å². The number of sulfone groups is 1. The summed E-state index contributed by atoms with van der Waals surface area (Å²) in [5, 5.41) is 0. The zero-order valence-corrected chi connectivity index (χ0v) is 20.7. The van der Waals surface area contributed by atoms with Gasteiger partial charge in [-0.15, -0.1) is 0 Å². The average molecular weight is 557 g/mol. The molecule has 2 aromatic rings. The van der Waals surface area contributed by atoms with E-state index in [4.69, 9.17) is 4.74 Å². The highest BCUT2D eigenvalue weighted by Gasteiger charge is 2.61. The molecule has 31 heavy (non-hydrogen) atoms. The average Bonchev–Trinajstić information content (AvgIpc) is 3.08. The monoisotopic (exact) mass is 557 g/mol.